The minimum Gasteiger partial charge on any atom is -0.480 e. The van der Waals surface area contributed by atoms with Gasteiger partial charge in [-0.1, -0.05) is 0 Å². The van der Waals surface area contributed by atoms with Crippen LogP contribution in [0.1, 0.15) is 5.56 Å². The van der Waals surface area contributed by atoms with Gasteiger partial charge < -0.3 is 20.8 Å². The van der Waals surface area contributed by atoms with Crippen molar-refractivity contribution in [2.75, 3.05) is 11.9 Å². The van der Waals surface area contributed by atoms with Crippen LogP contribution < -0.4 is 10.6 Å². The lowest BCUT2D eigenvalue weighted by atomic mass is 10.2. The zero-order valence-corrected chi connectivity index (χ0v) is 9.55. The number of carbonyl (C=O) groups is 2. The second-order valence-corrected chi connectivity index (χ2v) is 3.48. The molecule has 19 heavy (non-hydrogen) atoms. The molecular weight excluding hydrogens is 257 g/mol. The maximum absolute atomic E-state index is 13.0. The molecule has 2 amide bonds. The number of benzene rings is 1. The number of aliphatic hydroxyl groups excluding tert-OH is 1. The molecule has 8 heteroatoms. The Kier molecular flexibility index (Phi) is 4.79. The molecule has 1 atom stereocenters. The molecule has 1 aromatic carbocycles. The third kappa shape index (κ3) is 3.93. The number of anilines is 1. The predicted octanol–water partition coefficient (Wildman–Crippen LogP) is 0.264. The number of carboxylic acid groups (broad SMARTS) is 1. The van der Waals surface area contributed by atoms with Gasteiger partial charge in [-0.25, -0.2) is 14.0 Å². The van der Waals surface area contributed by atoms with Crippen molar-refractivity contribution in [1.29, 1.82) is 5.26 Å². The zero-order valence-electron chi connectivity index (χ0n) is 9.55. The van der Waals surface area contributed by atoms with Gasteiger partial charge >= 0.3 is 12.0 Å². The summed E-state index contributed by atoms with van der Waals surface area (Å²) >= 11 is 0. The van der Waals surface area contributed by atoms with Crippen LogP contribution in [0, 0.1) is 17.1 Å². The Labute approximate surface area is 107 Å². The van der Waals surface area contributed by atoms with Crippen molar-refractivity contribution in [3.63, 3.8) is 0 Å². The molecule has 0 fully saturated rings. The van der Waals surface area contributed by atoms with E-state index in [2.05, 4.69) is 5.32 Å². The third-order valence-corrected chi connectivity index (χ3v) is 2.13. The van der Waals surface area contributed by atoms with Gasteiger partial charge in [0.1, 0.15) is 11.9 Å². The van der Waals surface area contributed by atoms with Crippen LogP contribution in [0.3, 0.4) is 0 Å². The van der Waals surface area contributed by atoms with Gasteiger partial charge in [0.05, 0.1) is 12.2 Å². The molecule has 100 valence electrons. The maximum atomic E-state index is 13.0. The van der Waals surface area contributed by atoms with E-state index in [1.807, 2.05) is 5.32 Å². The van der Waals surface area contributed by atoms with Gasteiger partial charge in [-0.2, -0.15) is 5.26 Å². The number of carbonyl (C=O) groups excluding carboxylic acids is 1. The molecular formula is C11H10FN3O4. The number of rotatable bonds is 4. The molecule has 0 unspecified atom stereocenters. The molecule has 0 aliphatic rings. The summed E-state index contributed by atoms with van der Waals surface area (Å²) in [5.41, 5.74) is -0.132. The molecule has 0 bridgehead atoms. The summed E-state index contributed by atoms with van der Waals surface area (Å²) in [5.74, 6) is -2.12. The van der Waals surface area contributed by atoms with E-state index in [1.54, 1.807) is 6.07 Å². The van der Waals surface area contributed by atoms with Crippen LogP contribution in [0.15, 0.2) is 18.2 Å². The number of hydrogen-bond acceptors (Lipinski definition) is 4. The van der Waals surface area contributed by atoms with E-state index in [1.165, 1.54) is 6.07 Å². The monoisotopic (exact) mass is 267 g/mol. The topological polar surface area (TPSA) is 122 Å². The van der Waals surface area contributed by atoms with E-state index >= 15 is 0 Å². The quantitative estimate of drug-likeness (QED) is 0.623. The number of nitrogens with zero attached hydrogens (tertiary/aromatic N) is 1. The highest BCUT2D eigenvalue weighted by atomic mass is 19.1. The standard InChI is InChI=1S/C11H10FN3O4/c12-8-2-1-7(3-6(8)4-13)14-11(19)15-9(5-16)10(17)18/h1-3,9,16H,5H2,(H,17,18)(H2,14,15,19)/t9-/m1/s1. The SMILES string of the molecule is N#Cc1cc(NC(=O)N[C@H](CO)C(=O)O)ccc1F. The van der Waals surface area contributed by atoms with Gasteiger partial charge in [0.15, 0.2) is 6.04 Å². The average molecular weight is 267 g/mol. The van der Waals surface area contributed by atoms with Crippen molar-refractivity contribution < 1.29 is 24.2 Å². The average Bonchev–Trinajstić information content (AvgIpc) is 2.37. The largest absolute Gasteiger partial charge is 0.480 e. The Balaban J connectivity index is 2.72. The summed E-state index contributed by atoms with van der Waals surface area (Å²) in [6.07, 6.45) is 0. The van der Waals surface area contributed by atoms with E-state index in [0.29, 0.717) is 0 Å². The van der Waals surface area contributed by atoms with Crippen LogP contribution in [-0.4, -0.2) is 34.9 Å². The molecule has 0 aromatic heterocycles. The summed E-state index contributed by atoms with van der Waals surface area (Å²) in [6, 6.07) is 2.57. The first-order chi connectivity index (χ1) is 8.97. The highest BCUT2D eigenvalue weighted by Gasteiger charge is 2.18. The van der Waals surface area contributed by atoms with Crippen LogP contribution in [0.4, 0.5) is 14.9 Å². The summed E-state index contributed by atoms with van der Waals surface area (Å²) in [7, 11) is 0. The minimum absolute atomic E-state index is 0.123. The first kappa shape index (κ1) is 14.4. The predicted molar refractivity (Wildman–Crippen MR) is 61.8 cm³/mol. The molecule has 0 aliphatic carbocycles. The molecule has 1 aromatic rings. The lowest BCUT2D eigenvalue weighted by Gasteiger charge is -2.12. The van der Waals surface area contributed by atoms with E-state index in [4.69, 9.17) is 15.5 Å². The summed E-state index contributed by atoms with van der Waals surface area (Å²) < 4.78 is 13.0. The molecule has 0 saturated heterocycles. The Bertz CT molecular complexity index is 541. The first-order valence-corrected chi connectivity index (χ1v) is 5.08. The number of aliphatic hydroxyl groups is 1. The van der Waals surface area contributed by atoms with Gasteiger partial charge in [-0.15, -0.1) is 0 Å². The fraction of sp³-hybridized carbons (Fsp3) is 0.182. The van der Waals surface area contributed by atoms with Crippen LogP contribution >= 0.6 is 0 Å². The van der Waals surface area contributed by atoms with E-state index in [0.717, 1.165) is 12.1 Å². The summed E-state index contributed by atoms with van der Waals surface area (Å²) in [4.78, 5) is 22.0. The molecule has 1 rings (SSSR count). The van der Waals surface area contributed by atoms with Crippen LogP contribution in [0.25, 0.3) is 0 Å². The van der Waals surface area contributed by atoms with Crippen molar-refractivity contribution in [2.24, 2.45) is 0 Å². The highest BCUT2D eigenvalue weighted by molar-refractivity contribution is 5.92. The maximum Gasteiger partial charge on any atom is 0.328 e. The van der Waals surface area contributed by atoms with E-state index in [9.17, 15) is 14.0 Å². The number of nitriles is 1. The number of aliphatic carboxylic acids is 1. The normalized spacial score (nSPS) is 11.2. The fourth-order valence-corrected chi connectivity index (χ4v) is 1.20. The van der Waals surface area contributed by atoms with Crippen LogP contribution in [-0.2, 0) is 4.79 Å². The second kappa shape index (κ2) is 6.32. The number of halogens is 1. The van der Waals surface area contributed by atoms with Gasteiger partial charge in [-0.3, -0.25) is 0 Å². The lowest BCUT2D eigenvalue weighted by Crippen LogP contribution is -2.45. The third-order valence-electron chi connectivity index (χ3n) is 2.13. The molecule has 4 N–H and O–H groups in total. The number of hydrogen-bond donors (Lipinski definition) is 4. The fourth-order valence-electron chi connectivity index (χ4n) is 1.20. The minimum atomic E-state index is -1.45. The molecule has 0 spiro atoms. The molecule has 0 radical (unpaired) electrons. The number of carboxylic acids is 1. The molecule has 0 heterocycles. The lowest BCUT2D eigenvalue weighted by molar-refractivity contribution is -0.140. The van der Waals surface area contributed by atoms with Gasteiger partial charge in [0.2, 0.25) is 0 Å². The summed E-state index contributed by atoms with van der Waals surface area (Å²) in [6.45, 7) is -0.768. The molecule has 0 aliphatic heterocycles. The van der Waals surface area contributed by atoms with Gasteiger partial charge in [-0.05, 0) is 18.2 Å². The Morgan fingerprint density at radius 2 is 2.16 bits per heavy atom. The number of amides is 2. The zero-order chi connectivity index (χ0) is 14.4. The number of urea groups is 1. The number of nitrogens with one attached hydrogen (secondary N) is 2. The van der Waals surface area contributed by atoms with Gasteiger partial charge in [0, 0.05) is 5.69 Å². The van der Waals surface area contributed by atoms with Crippen molar-refractivity contribution >= 4 is 17.7 Å². The van der Waals surface area contributed by atoms with Crippen molar-refractivity contribution in [2.45, 2.75) is 6.04 Å². The Morgan fingerprint density at radius 3 is 2.68 bits per heavy atom. The van der Waals surface area contributed by atoms with Crippen LogP contribution in [0.5, 0.6) is 0 Å². The Hall–Kier alpha value is -2.66. The van der Waals surface area contributed by atoms with Crippen molar-refractivity contribution in [3.8, 4) is 6.07 Å². The van der Waals surface area contributed by atoms with Crippen LogP contribution in [0.2, 0.25) is 0 Å². The smallest absolute Gasteiger partial charge is 0.328 e. The van der Waals surface area contributed by atoms with Crippen molar-refractivity contribution in [3.05, 3.63) is 29.6 Å². The van der Waals surface area contributed by atoms with Crippen molar-refractivity contribution in [1.82, 2.24) is 5.32 Å². The van der Waals surface area contributed by atoms with E-state index < -0.39 is 30.5 Å². The first-order valence-electron chi connectivity index (χ1n) is 5.08. The second-order valence-electron chi connectivity index (χ2n) is 3.48. The highest BCUT2D eigenvalue weighted by Crippen LogP contribution is 2.13. The van der Waals surface area contributed by atoms with Gasteiger partial charge in [0.25, 0.3) is 0 Å². The Morgan fingerprint density at radius 1 is 1.47 bits per heavy atom. The van der Waals surface area contributed by atoms with E-state index in [-0.39, 0.29) is 11.3 Å². The summed E-state index contributed by atoms with van der Waals surface area (Å²) in [5, 5.41) is 30.1. The molecule has 7 nitrogen and oxygen atoms in total. The molecule has 0 saturated carbocycles.